The van der Waals surface area contributed by atoms with Crippen LogP contribution in [0.15, 0.2) is 206 Å². The molecule has 1 atom stereocenters. The molecule has 10 aromatic rings. The van der Waals surface area contributed by atoms with Crippen molar-refractivity contribution < 1.29 is 4.74 Å². The van der Waals surface area contributed by atoms with Gasteiger partial charge in [0.15, 0.2) is 12.0 Å². The van der Waals surface area contributed by atoms with Gasteiger partial charge in [-0.2, -0.15) is 0 Å². The van der Waals surface area contributed by atoms with Crippen LogP contribution in [-0.4, -0.2) is 0 Å². The summed E-state index contributed by atoms with van der Waals surface area (Å²) >= 11 is 0. The molecule has 56 heavy (non-hydrogen) atoms. The molecule has 264 valence electrons. The van der Waals surface area contributed by atoms with Gasteiger partial charge in [0.05, 0.1) is 11.4 Å². The summed E-state index contributed by atoms with van der Waals surface area (Å²) in [6.07, 6.45) is -0.268. The van der Waals surface area contributed by atoms with Gasteiger partial charge in [-0.1, -0.05) is 158 Å². The monoisotopic (exact) mass is 716 g/mol. The number of hydrogen-bond donors (Lipinski definition) is 1. The van der Waals surface area contributed by atoms with Crippen molar-refractivity contribution in [2.75, 3.05) is 10.2 Å². The number of anilines is 4. The first-order valence-corrected chi connectivity index (χ1v) is 19.2. The maximum atomic E-state index is 6.85. The van der Waals surface area contributed by atoms with Gasteiger partial charge < -0.3 is 15.0 Å². The first-order valence-electron chi connectivity index (χ1n) is 19.2. The van der Waals surface area contributed by atoms with E-state index in [-0.39, 0.29) is 6.23 Å². The first kappa shape index (κ1) is 32.1. The summed E-state index contributed by atoms with van der Waals surface area (Å²) in [5.41, 5.74) is 10.1. The molecule has 0 spiro atoms. The highest BCUT2D eigenvalue weighted by Gasteiger charge is 2.27. The Hall–Kier alpha value is -7.36. The number of nitrogens with zero attached hydrogens (tertiary/aromatic N) is 1. The van der Waals surface area contributed by atoms with Crippen molar-refractivity contribution >= 4 is 65.8 Å². The Labute approximate surface area is 325 Å². The van der Waals surface area contributed by atoms with E-state index in [0.29, 0.717) is 0 Å². The average Bonchev–Trinajstić information content (AvgIpc) is 3.72. The van der Waals surface area contributed by atoms with Crippen LogP contribution >= 0.6 is 0 Å². The molecule has 0 aliphatic carbocycles. The summed E-state index contributed by atoms with van der Waals surface area (Å²) in [4.78, 5) is 2.40. The Morgan fingerprint density at radius 3 is 1.93 bits per heavy atom. The molecule has 10 aromatic carbocycles. The van der Waals surface area contributed by atoms with E-state index in [1.54, 1.807) is 0 Å². The molecule has 1 heterocycles. The van der Waals surface area contributed by atoms with Gasteiger partial charge in [-0.3, -0.25) is 0 Å². The zero-order valence-corrected chi connectivity index (χ0v) is 30.6. The molecule has 0 saturated carbocycles. The van der Waals surface area contributed by atoms with E-state index in [1.807, 2.05) is 6.07 Å². The molecule has 0 fully saturated rings. The minimum Gasteiger partial charge on any atom is -0.464 e. The molecule has 11 rings (SSSR count). The fraction of sp³-hybridized carbons (Fsp3) is 0.0189. The lowest BCUT2D eigenvalue weighted by Gasteiger charge is -2.28. The van der Waals surface area contributed by atoms with Crippen molar-refractivity contribution in [3.8, 4) is 28.0 Å². The SMILES string of the molecule is c1ccc(-c2cc3ccc4c(c3c3cc(N(c5ccccc5)c5ccccc5-c5ccc6ccc7ccccc7c6c5)ccc23)OC(c2ccccc2)N4)cc1. The van der Waals surface area contributed by atoms with E-state index < -0.39 is 0 Å². The van der Waals surface area contributed by atoms with E-state index in [4.69, 9.17) is 4.74 Å². The Kier molecular flexibility index (Phi) is 7.56. The maximum Gasteiger partial charge on any atom is 0.196 e. The lowest BCUT2D eigenvalue weighted by atomic mass is 9.92. The second kappa shape index (κ2) is 13.2. The molecule has 0 aromatic heterocycles. The van der Waals surface area contributed by atoms with Gasteiger partial charge in [-0.25, -0.2) is 0 Å². The van der Waals surface area contributed by atoms with Crippen LogP contribution in [-0.2, 0) is 0 Å². The third-order valence-corrected chi connectivity index (χ3v) is 11.2. The Balaban J connectivity index is 1.15. The topological polar surface area (TPSA) is 24.5 Å². The molecular weight excluding hydrogens is 681 g/mol. The standard InChI is InChI=1S/C53H36N2O/c1-4-14-35(15-5-1)47-33-40-28-31-49-52(56-53(54-49)38-17-6-2-7-18-38)51(40)48-34-42(29-30-45(47)48)55(41-19-8-3-9-20-41)50-23-13-12-22-44(50)39-27-26-37-25-24-36-16-10-11-21-43(36)46(37)32-39/h1-34,53-54H. The van der Waals surface area contributed by atoms with Crippen LogP contribution in [0.2, 0.25) is 0 Å². The van der Waals surface area contributed by atoms with Crippen LogP contribution in [0.4, 0.5) is 22.7 Å². The predicted octanol–water partition coefficient (Wildman–Crippen LogP) is 14.6. The summed E-state index contributed by atoms with van der Waals surface area (Å²) in [5.74, 6) is 0.883. The lowest BCUT2D eigenvalue weighted by molar-refractivity contribution is 0.263. The van der Waals surface area contributed by atoms with E-state index in [1.165, 1.54) is 43.6 Å². The molecule has 1 aliphatic rings. The van der Waals surface area contributed by atoms with Crippen LogP contribution in [0, 0.1) is 0 Å². The van der Waals surface area contributed by atoms with Gasteiger partial charge in [0.2, 0.25) is 0 Å². The van der Waals surface area contributed by atoms with Crippen LogP contribution < -0.4 is 15.0 Å². The zero-order chi connectivity index (χ0) is 37.0. The smallest absolute Gasteiger partial charge is 0.196 e. The number of hydrogen-bond acceptors (Lipinski definition) is 3. The third kappa shape index (κ3) is 5.36. The molecule has 0 radical (unpaired) electrons. The van der Waals surface area contributed by atoms with E-state index in [0.717, 1.165) is 55.8 Å². The summed E-state index contributed by atoms with van der Waals surface area (Å²) < 4.78 is 6.85. The Bertz CT molecular complexity index is 3090. The van der Waals surface area contributed by atoms with Crippen LogP contribution in [0.25, 0.3) is 65.3 Å². The number of ether oxygens (including phenoxy) is 1. The lowest BCUT2D eigenvalue weighted by Crippen LogP contribution is -2.11. The number of fused-ring (bicyclic) bond motifs is 8. The molecule has 1 aliphatic heterocycles. The molecular formula is C53H36N2O. The average molecular weight is 717 g/mol. The second-order valence-electron chi connectivity index (χ2n) is 14.5. The van der Waals surface area contributed by atoms with Gasteiger partial charge in [-0.15, -0.1) is 0 Å². The molecule has 1 unspecified atom stereocenters. The van der Waals surface area contributed by atoms with Gasteiger partial charge in [0.1, 0.15) is 0 Å². The van der Waals surface area contributed by atoms with E-state index in [9.17, 15) is 0 Å². The summed E-state index contributed by atoms with van der Waals surface area (Å²) in [7, 11) is 0. The van der Waals surface area contributed by atoms with E-state index in [2.05, 4.69) is 210 Å². The fourth-order valence-electron chi connectivity index (χ4n) is 8.59. The highest BCUT2D eigenvalue weighted by molar-refractivity contribution is 6.19. The van der Waals surface area contributed by atoms with Crippen molar-refractivity contribution in [1.82, 2.24) is 0 Å². The highest BCUT2D eigenvalue weighted by atomic mass is 16.5. The van der Waals surface area contributed by atoms with Crippen molar-refractivity contribution in [2.24, 2.45) is 0 Å². The van der Waals surface area contributed by atoms with Gasteiger partial charge >= 0.3 is 0 Å². The molecule has 1 N–H and O–H groups in total. The number of benzene rings is 10. The number of nitrogens with one attached hydrogen (secondary N) is 1. The quantitative estimate of drug-likeness (QED) is 0.173. The molecule has 0 bridgehead atoms. The Morgan fingerprint density at radius 2 is 1.09 bits per heavy atom. The van der Waals surface area contributed by atoms with Crippen LogP contribution in [0.3, 0.4) is 0 Å². The van der Waals surface area contributed by atoms with Crippen molar-refractivity contribution in [2.45, 2.75) is 6.23 Å². The van der Waals surface area contributed by atoms with Gasteiger partial charge in [0, 0.05) is 27.9 Å². The molecule has 3 heteroatoms. The maximum absolute atomic E-state index is 6.85. The molecule has 3 nitrogen and oxygen atoms in total. The van der Waals surface area contributed by atoms with Crippen LogP contribution in [0.5, 0.6) is 5.75 Å². The van der Waals surface area contributed by atoms with Crippen LogP contribution in [0.1, 0.15) is 11.8 Å². The molecule has 0 saturated heterocycles. The normalized spacial score (nSPS) is 13.5. The third-order valence-electron chi connectivity index (χ3n) is 11.2. The fourth-order valence-corrected chi connectivity index (χ4v) is 8.59. The predicted molar refractivity (Wildman–Crippen MR) is 235 cm³/mol. The summed E-state index contributed by atoms with van der Waals surface area (Å²) in [6.45, 7) is 0. The first-order chi connectivity index (χ1) is 27.8. The minimum atomic E-state index is -0.268. The largest absolute Gasteiger partial charge is 0.464 e. The van der Waals surface area contributed by atoms with E-state index >= 15 is 0 Å². The van der Waals surface area contributed by atoms with Gasteiger partial charge in [0.25, 0.3) is 0 Å². The van der Waals surface area contributed by atoms with Crippen molar-refractivity contribution in [3.05, 3.63) is 212 Å². The number of rotatable bonds is 6. The molecule has 0 amide bonds. The minimum absolute atomic E-state index is 0.268. The highest BCUT2D eigenvalue weighted by Crippen LogP contribution is 2.49. The Morgan fingerprint density at radius 1 is 0.411 bits per heavy atom. The van der Waals surface area contributed by atoms with Crippen molar-refractivity contribution in [3.63, 3.8) is 0 Å². The second-order valence-corrected chi connectivity index (χ2v) is 14.5. The summed E-state index contributed by atoms with van der Waals surface area (Å²) in [5, 5.41) is 13.2. The van der Waals surface area contributed by atoms with Gasteiger partial charge in [-0.05, 0) is 103 Å². The number of para-hydroxylation sites is 2. The summed E-state index contributed by atoms with van der Waals surface area (Å²) in [6, 6.07) is 74.2. The zero-order valence-electron chi connectivity index (χ0n) is 30.6. The van der Waals surface area contributed by atoms with Crippen molar-refractivity contribution in [1.29, 1.82) is 0 Å².